The highest BCUT2D eigenvalue weighted by molar-refractivity contribution is 5.59. The molecular weight excluding hydrogens is 274 g/mol. The van der Waals surface area contributed by atoms with Gasteiger partial charge in [0, 0.05) is 22.6 Å². The minimum absolute atomic E-state index is 0.0560. The van der Waals surface area contributed by atoms with E-state index in [2.05, 4.69) is 15.4 Å². The SMILES string of the molecule is CC(C)(C)c1cc(NN)nc(-c2cccc(C(F)F)c2)n1. The number of nitrogen functional groups attached to an aromatic ring is 1. The van der Waals surface area contributed by atoms with Crippen molar-refractivity contribution in [3.8, 4) is 11.4 Å². The molecule has 112 valence electrons. The van der Waals surface area contributed by atoms with Gasteiger partial charge in [-0.05, 0) is 6.07 Å². The van der Waals surface area contributed by atoms with E-state index < -0.39 is 6.43 Å². The van der Waals surface area contributed by atoms with Crippen molar-refractivity contribution in [1.29, 1.82) is 0 Å². The van der Waals surface area contributed by atoms with Crippen LogP contribution in [-0.2, 0) is 5.41 Å². The van der Waals surface area contributed by atoms with Gasteiger partial charge in [-0.1, -0.05) is 39.0 Å². The third kappa shape index (κ3) is 3.52. The quantitative estimate of drug-likeness (QED) is 0.669. The van der Waals surface area contributed by atoms with Crippen molar-refractivity contribution in [2.24, 2.45) is 5.84 Å². The summed E-state index contributed by atoms with van der Waals surface area (Å²) in [5.74, 6) is 6.25. The minimum atomic E-state index is -2.53. The van der Waals surface area contributed by atoms with Crippen molar-refractivity contribution in [2.45, 2.75) is 32.6 Å². The van der Waals surface area contributed by atoms with E-state index in [-0.39, 0.29) is 11.0 Å². The van der Waals surface area contributed by atoms with Crippen LogP contribution in [0.4, 0.5) is 14.6 Å². The number of hydrogen-bond donors (Lipinski definition) is 2. The van der Waals surface area contributed by atoms with E-state index in [1.54, 1.807) is 18.2 Å². The molecule has 0 spiro atoms. The summed E-state index contributed by atoms with van der Waals surface area (Å²) >= 11 is 0. The maximum atomic E-state index is 12.8. The van der Waals surface area contributed by atoms with Crippen LogP contribution in [0.5, 0.6) is 0 Å². The molecule has 0 aliphatic heterocycles. The molecule has 0 fully saturated rings. The first-order valence-corrected chi connectivity index (χ1v) is 6.56. The Hall–Kier alpha value is -2.08. The van der Waals surface area contributed by atoms with Crippen LogP contribution in [0.15, 0.2) is 30.3 Å². The van der Waals surface area contributed by atoms with Crippen LogP contribution in [0, 0.1) is 0 Å². The number of halogens is 2. The summed E-state index contributed by atoms with van der Waals surface area (Å²) in [4.78, 5) is 8.72. The number of hydrazine groups is 1. The van der Waals surface area contributed by atoms with Gasteiger partial charge in [0.15, 0.2) is 5.82 Å². The molecule has 1 aromatic heterocycles. The summed E-state index contributed by atoms with van der Waals surface area (Å²) < 4.78 is 25.6. The molecule has 0 atom stereocenters. The zero-order chi connectivity index (χ0) is 15.6. The Morgan fingerprint density at radius 3 is 2.43 bits per heavy atom. The normalized spacial score (nSPS) is 11.8. The van der Waals surface area contributed by atoms with E-state index in [1.807, 2.05) is 20.8 Å². The maximum absolute atomic E-state index is 12.8. The van der Waals surface area contributed by atoms with E-state index in [1.165, 1.54) is 12.1 Å². The van der Waals surface area contributed by atoms with Crippen molar-refractivity contribution >= 4 is 5.82 Å². The molecule has 1 aromatic carbocycles. The van der Waals surface area contributed by atoms with Gasteiger partial charge in [0.05, 0.1) is 5.69 Å². The second kappa shape index (κ2) is 5.73. The fraction of sp³-hybridized carbons (Fsp3) is 0.333. The Balaban J connectivity index is 2.55. The Morgan fingerprint density at radius 1 is 1.14 bits per heavy atom. The molecule has 0 saturated heterocycles. The summed E-state index contributed by atoms with van der Waals surface area (Å²) in [7, 11) is 0. The summed E-state index contributed by atoms with van der Waals surface area (Å²) in [6, 6.07) is 7.80. The summed E-state index contributed by atoms with van der Waals surface area (Å²) in [6.45, 7) is 6.03. The Bertz CT molecular complexity index is 636. The molecule has 0 amide bonds. The second-order valence-electron chi connectivity index (χ2n) is 5.78. The molecule has 1 heterocycles. The predicted octanol–water partition coefficient (Wildman–Crippen LogP) is 3.66. The Kier molecular flexibility index (Phi) is 4.18. The molecule has 4 nitrogen and oxygen atoms in total. The van der Waals surface area contributed by atoms with Gasteiger partial charge in [0.2, 0.25) is 0 Å². The zero-order valence-electron chi connectivity index (χ0n) is 12.2. The summed E-state index contributed by atoms with van der Waals surface area (Å²) in [5.41, 5.74) is 3.54. The molecule has 0 saturated carbocycles. The number of alkyl halides is 2. The number of hydrogen-bond acceptors (Lipinski definition) is 4. The fourth-order valence-electron chi connectivity index (χ4n) is 1.85. The number of aromatic nitrogens is 2. The Labute approximate surface area is 122 Å². The van der Waals surface area contributed by atoms with Crippen LogP contribution in [0.1, 0.15) is 38.5 Å². The van der Waals surface area contributed by atoms with Gasteiger partial charge < -0.3 is 5.43 Å². The summed E-state index contributed by atoms with van der Waals surface area (Å²) in [6.07, 6.45) is -2.53. The first kappa shape index (κ1) is 15.3. The van der Waals surface area contributed by atoms with Gasteiger partial charge in [-0.3, -0.25) is 0 Å². The highest BCUT2D eigenvalue weighted by atomic mass is 19.3. The molecule has 3 N–H and O–H groups in total. The lowest BCUT2D eigenvalue weighted by Gasteiger charge is -2.19. The van der Waals surface area contributed by atoms with Crippen molar-refractivity contribution in [1.82, 2.24) is 9.97 Å². The van der Waals surface area contributed by atoms with E-state index >= 15 is 0 Å². The monoisotopic (exact) mass is 292 g/mol. The standard InChI is InChI=1S/C15H18F2N4/c1-15(2,3)11-8-12(21-18)20-14(19-11)10-6-4-5-9(7-10)13(16)17/h4-8,13H,18H2,1-3H3,(H,19,20,21). The molecule has 0 aliphatic carbocycles. The second-order valence-corrected chi connectivity index (χ2v) is 5.78. The number of benzene rings is 1. The van der Waals surface area contributed by atoms with E-state index in [0.29, 0.717) is 17.2 Å². The predicted molar refractivity (Wildman–Crippen MR) is 78.9 cm³/mol. The molecule has 6 heteroatoms. The van der Waals surface area contributed by atoms with Gasteiger partial charge >= 0.3 is 0 Å². The number of rotatable bonds is 3. The van der Waals surface area contributed by atoms with Gasteiger partial charge in [-0.2, -0.15) is 0 Å². The van der Waals surface area contributed by atoms with Gasteiger partial charge in [0.25, 0.3) is 6.43 Å². The molecule has 0 radical (unpaired) electrons. The fourth-order valence-corrected chi connectivity index (χ4v) is 1.85. The van der Waals surface area contributed by atoms with E-state index in [4.69, 9.17) is 5.84 Å². The molecular formula is C15H18F2N4. The molecule has 0 bridgehead atoms. The van der Waals surface area contributed by atoms with Crippen molar-refractivity contribution in [3.63, 3.8) is 0 Å². The molecule has 21 heavy (non-hydrogen) atoms. The van der Waals surface area contributed by atoms with Gasteiger partial charge in [0.1, 0.15) is 5.82 Å². The highest BCUT2D eigenvalue weighted by Crippen LogP contribution is 2.27. The lowest BCUT2D eigenvalue weighted by Crippen LogP contribution is -2.17. The van der Waals surface area contributed by atoms with Crippen LogP contribution >= 0.6 is 0 Å². The largest absolute Gasteiger partial charge is 0.308 e. The Morgan fingerprint density at radius 2 is 1.86 bits per heavy atom. The smallest absolute Gasteiger partial charge is 0.263 e. The maximum Gasteiger partial charge on any atom is 0.263 e. The third-order valence-corrected chi connectivity index (χ3v) is 3.04. The first-order chi connectivity index (χ1) is 9.81. The van der Waals surface area contributed by atoms with Gasteiger partial charge in [-0.15, -0.1) is 0 Å². The van der Waals surface area contributed by atoms with Crippen LogP contribution < -0.4 is 11.3 Å². The van der Waals surface area contributed by atoms with Crippen molar-refractivity contribution in [3.05, 3.63) is 41.6 Å². The van der Waals surface area contributed by atoms with Crippen LogP contribution in [0.3, 0.4) is 0 Å². The highest BCUT2D eigenvalue weighted by Gasteiger charge is 2.19. The molecule has 2 aromatic rings. The van der Waals surface area contributed by atoms with Crippen molar-refractivity contribution < 1.29 is 8.78 Å². The molecule has 0 aliphatic rings. The molecule has 2 rings (SSSR count). The van der Waals surface area contributed by atoms with E-state index in [0.717, 1.165) is 5.69 Å². The van der Waals surface area contributed by atoms with Crippen molar-refractivity contribution in [2.75, 3.05) is 5.43 Å². The third-order valence-electron chi connectivity index (χ3n) is 3.04. The number of anilines is 1. The average molecular weight is 292 g/mol. The lowest BCUT2D eigenvalue weighted by atomic mass is 9.92. The lowest BCUT2D eigenvalue weighted by molar-refractivity contribution is 0.151. The number of nitrogens with one attached hydrogen (secondary N) is 1. The first-order valence-electron chi connectivity index (χ1n) is 6.56. The molecule has 0 unspecified atom stereocenters. The zero-order valence-corrected chi connectivity index (χ0v) is 12.2. The average Bonchev–Trinajstić information content (AvgIpc) is 2.46. The van der Waals surface area contributed by atoms with Crippen LogP contribution in [-0.4, -0.2) is 9.97 Å². The number of nitrogens with two attached hydrogens (primary N) is 1. The van der Waals surface area contributed by atoms with Gasteiger partial charge in [-0.25, -0.2) is 24.6 Å². The summed E-state index contributed by atoms with van der Waals surface area (Å²) in [5, 5.41) is 0. The van der Waals surface area contributed by atoms with E-state index in [9.17, 15) is 8.78 Å². The van der Waals surface area contributed by atoms with Crippen LogP contribution in [0.25, 0.3) is 11.4 Å². The topological polar surface area (TPSA) is 63.8 Å². The number of nitrogens with zero attached hydrogens (tertiary/aromatic N) is 2. The minimum Gasteiger partial charge on any atom is -0.308 e. The van der Waals surface area contributed by atoms with Crippen LogP contribution in [0.2, 0.25) is 0 Å².